The summed E-state index contributed by atoms with van der Waals surface area (Å²) >= 11 is 0. The van der Waals surface area contributed by atoms with Gasteiger partial charge in [0, 0.05) is 18.7 Å². The molecular formula is C25H29N5O. The van der Waals surface area contributed by atoms with Crippen molar-refractivity contribution in [1.82, 2.24) is 25.3 Å². The second-order valence-corrected chi connectivity index (χ2v) is 8.55. The zero-order chi connectivity index (χ0) is 21.2. The third-order valence-electron chi connectivity index (χ3n) is 6.31. The Kier molecular flexibility index (Phi) is 5.57. The molecule has 0 bridgehead atoms. The Bertz CT molecular complexity index is 1070. The minimum Gasteiger partial charge on any atom is -0.347 e. The fraction of sp³-hybridized carbons (Fsp3) is 0.360. The summed E-state index contributed by atoms with van der Waals surface area (Å²) in [5.74, 6) is -0.0594. The average molecular weight is 416 g/mol. The summed E-state index contributed by atoms with van der Waals surface area (Å²) in [5.41, 5.74) is 6.65. The van der Waals surface area contributed by atoms with Gasteiger partial charge >= 0.3 is 0 Å². The number of nitrogens with zero attached hydrogens (tertiary/aromatic N) is 3. The van der Waals surface area contributed by atoms with E-state index in [0.29, 0.717) is 12.2 Å². The van der Waals surface area contributed by atoms with Gasteiger partial charge in [0.2, 0.25) is 0 Å². The topological polar surface area (TPSA) is 62.2 Å². The molecule has 1 amide bonds. The van der Waals surface area contributed by atoms with Gasteiger partial charge in [-0.1, -0.05) is 54.1 Å². The number of carbonyl (C=O) groups is 1. The Morgan fingerprint density at radius 1 is 1.13 bits per heavy atom. The van der Waals surface area contributed by atoms with E-state index in [1.807, 2.05) is 10.7 Å². The van der Waals surface area contributed by atoms with Crippen molar-refractivity contribution in [3.63, 3.8) is 0 Å². The molecule has 31 heavy (non-hydrogen) atoms. The van der Waals surface area contributed by atoms with Crippen LogP contribution in [-0.2, 0) is 13.0 Å². The van der Waals surface area contributed by atoms with Crippen molar-refractivity contribution in [2.45, 2.75) is 32.5 Å². The van der Waals surface area contributed by atoms with E-state index >= 15 is 0 Å². The Balaban J connectivity index is 1.19. The van der Waals surface area contributed by atoms with Crippen molar-refractivity contribution < 1.29 is 4.79 Å². The van der Waals surface area contributed by atoms with Crippen LogP contribution in [0.5, 0.6) is 0 Å². The monoisotopic (exact) mass is 415 g/mol. The highest BCUT2D eigenvalue weighted by Gasteiger charge is 2.27. The quantitative estimate of drug-likeness (QED) is 0.607. The van der Waals surface area contributed by atoms with E-state index in [0.717, 1.165) is 50.3 Å². The van der Waals surface area contributed by atoms with Gasteiger partial charge in [0.15, 0.2) is 0 Å². The Morgan fingerprint density at radius 2 is 1.94 bits per heavy atom. The molecule has 2 aromatic carbocycles. The highest BCUT2D eigenvalue weighted by Crippen LogP contribution is 2.23. The number of rotatable bonds is 6. The molecule has 1 aromatic heterocycles. The lowest BCUT2D eigenvalue weighted by Crippen LogP contribution is -2.45. The lowest BCUT2D eigenvalue weighted by molar-refractivity contribution is 0.0900. The zero-order valence-corrected chi connectivity index (χ0v) is 18.0. The molecular weight excluding hydrogens is 386 g/mol. The van der Waals surface area contributed by atoms with E-state index in [-0.39, 0.29) is 12.1 Å². The second kappa shape index (κ2) is 8.65. The van der Waals surface area contributed by atoms with Crippen molar-refractivity contribution in [2.24, 2.45) is 0 Å². The maximum Gasteiger partial charge on any atom is 0.269 e. The summed E-state index contributed by atoms with van der Waals surface area (Å²) in [6.45, 7) is 6.74. The number of amides is 1. The Hall–Kier alpha value is -2.96. The minimum absolute atomic E-state index is 0.0195. The minimum atomic E-state index is -0.0594. The third kappa shape index (κ3) is 4.27. The molecule has 0 spiro atoms. The van der Waals surface area contributed by atoms with Crippen molar-refractivity contribution >= 4 is 5.91 Å². The highest BCUT2D eigenvalue weighted by atomic mass is 16.2. The van der Waals surface area contributed by atoms with Crippen LogP contribution in [0.15, 0.2) is 54.6 Å². The van der Waals surface area contributed by atoms with Crippen molar-refractivity contribution in [2.75, 3.05) is 26.2 Å². The van der Waals surface area contributed by atoms with Crippen LogP contribution >= 0.6 is 0 Å². The van der Waals surface area contributed by atoms with Crippen LogP contribution in [0.25, 0.3) is 11.3 Å². The molecule has 0 saturated carbocycles. The van der Waals surface area contributed by atoms with Crippen LogP contribution in [-0.4, -0.2) is 46.8 Å². The third-order valence-corrected chi connectivity index (χ3v) is 6.31. The van der Waals surface area contributed by atoms with Crippen LogP contribution in [0.3, 0.4) is 0 Å². The number of hydrogen-bond acceptors (Lipinski definition) is 4. The molecule has 2 N–H and O–H groups in total. The van der Waals surface area contributed by atoms with Crippen LogP contribution in [0.4, 0.5) is 0 Å². The molecule has 6 nitrogen and oxygen atoms in total. The fourth-order valence-electron chi connectivity index (χ4n) is 4.51. The molecule has 3 heterocycles. The second-order valence-electron chi connectivity index (χ2n) is 8.55. The molecule has 0 unspecified atom stereocenters. The van der Waals surface area contributed by atoms with Crippen molar-refractivity contribution in [3.8, 4) is 11.3 Å². The van der Waals surface area contributed by atoms with Gasteiger partial charge in [-0.05, 0) is 50.0 Å². The normalized spacial score (nSPS) is 18.4. The molecule has 0 aliphatic carbocycles. The van der Waals surface area contributed by atoms with Gasteiger partial charge in [-0.2, -0.15) is 5.10 Å². The van der Waals surface area contributed by atoms with Gasteiger partial charge in [0.25, 0.3) is 5.91 Å². The SMILES string of the molecule is Cc1ccc(-c2cc3n(n2)[C@H](NCCCN2CCc4ccccc4C2)CNC3=O)cc1. The summed E-state index contributed by atoms with van der Waals surface area (Å²) in [7, 11) is 0. The highest BCUT2D eigenvalue weighted by molar-refractivity contribution is 5.94. The van der Waals surface area contributed by atoms with Gasteiger partial charge in [0.05, 0.1) is 12.2 Å². The first-order valence-corrected chi connectivity index (χ1v) is 11.1. The number of nitrogens with one attached hydrogen (secondary N) is 2. The van der Waals surface area contributed by atoms with Crippen LogP contribution < -0.4 is 10.6 Å². The van der Waals surface area contributed by atoms with Gasteiger partial charge < -0.3 is 5.32 Å². The van der Waals surface area contributed by atoms with E-state index in [9.17, 15) is 4.79 Å². The summed E-state index contributed by atoms with van der Waals surface area (Å²) in [5, 5.41) is 11.3. The molecule has 0 fully saturated rings. The fourth-order valence-corrected chi connectivity index (χ4v) is 4.51. The molecule has 3 aromatic rings. The average Bonchev–Trinajstić information content (AvgIpc) is 3.25. The standard InChI is InChI=1S/C25H29N5O/c1-18-7-9-20(10-8-18)22-15-23-25(31)27-16-24(30(23)28-22)26-12-4-13-29-14-11-19-5-2-3-6-21(19)17-29/h2-3,5-10,15,24,26H,4,11-14,16-17H2,1H3,(H,27,31)/t24-/m0/s1. The van der Waals surface area contributed by atoms with Gasteiger partial charge in [0.1, 0.15) is 11.9 Å². The molecule has 2 aliphatic rings. The molecule has 1 atom stereocenters. The lowest BCUT2D eigenvalue weighted by atomic mass is 10.00. The largest absolute Gasteiger partial charge is 0.347 e. The molecule has 5 rings (SSSR count). The molecule has 0 saturated heterocycles. The Morgan fingerprint density at radius 3 is 2.77 bits per heavy atom. The number of fused-ring (bicyclic) bond motifs is 2. The number of benzene rings is 2. The van der Waals surface area contributed by atoms with E-state index in [1.165, 1.54) is 16.7 Å². The van der Waals surface area contributed by atoms with E-state index in [1.54, 1.807) is 0 Å². The summed E-state index contributed by atoms with van der Waals surface area (Å²) < 4.78 is 1.85. The van der Waals surface area contributed by atoms with Crippen LogP contribution in [0.1, 0.15) is 39.8 Å². The van der Waals surface area contributed by atoms with Crippen molar-refractivity contribution in [3.05, 3.63) is 77.0 Å². The lowest BCUT2D eigenvalue weighted by Gasteiger charge is -2.29. The number of hydrogen-bond donors (Lipinski definition) is 2. The van der Waals surface area contributed by atoms with Gasteiger partial charge in [-0.25, -0.2) is 4.68 Å². The van der Waals surface area contributed by atoms with Crippen LogP contribution in [0, 0.1) is 6.92 Å². The Labute approximate surface area is 183 Å². The number of aromatic nitrogens is 2. The van der Waals surface area contributed by atoms with Gasteiger partial charge in [-0.3, -0.25) is 15.0 Å². The number of carbonyl (C=O) groups excluding carboxylic acids is 1. The molecule has 6 heteroatoms. The zero-order valence-electron chi connectivity index (χ0n) is 18.0. The number of aryl methyl sites for hydroxylation is 1. The first kappa shape index (κ1) is 20.0. The van der Waals surface area contributed by atoms with Crippen molar-refractivity contribution in [1.29, 1.82) is 0 Å². The predicted octanol–water partition coefficient (Wildman–Crippen LogP) is 3.14. The maximum atomic E-state index is 12.4. The smallest absolute Gasteiger partial charge is 0.269 e. The molecule has 160 valence electrons. The van der Waals surface area contributed by atoms with E-state index < -0.39 is 0 Å². The molecule has 2 aliphatic heterocycles. The van der Waals surface area contributed by atoms with Crippen LogP contribution in [0.2, 0.25) is 0 Å². The summed E-state index contributed by atoms with van der Waals surface area (Å²) in [4.78, 5) is 14.9. The van der Waals surface area contributed by atoms with E-state index in [4.69, 9.17) is 5.10 Å². The maximum absolute atomic E-state index is 12.4. The van der Waals surface area contributed by atoms with E-state index in [2.05, 4.69) is 71.0 Å². The summed E-state index contributed by atoms with van der Waals surface area (Å²) in [6, 6.07) is 18.9. The first-order valence-electron chi connectivity index (χ1n) is 11.1. The van der Waals surface area contributed by atoms with Gasteiger partial charge in [-0.15, -0.1) is 0 Å². The first-order chi connectivity index (χ1) is 15.2. The predicted molar refractivity (Wildman–Crippen MR) is 122 cm³/mol. The summed E-state index contributed by atoms with van der Waals surface area (Å²) in [6.07, 6.45) is 2.18. The molecule has 0 radical (unpaired) electrons.